The number of amides is 4. The number of nitrogens with zero attached hydrogens (tertiary/aromatic N) is 6. The number of rotatable bonds is 6. The highest BCUT2D eigenvalue weighted by atomic mass is 19.1. The molecule has 200 valence electrons. The number of aromatic nitrogens is 3. The Bertz CT molecular complexity index is 1720. The van der Waals surface area contributed by atoms with Crippen molar-refractivity contribution in [1.29, 1.82) is 5.26 Å². The number of halogens is 1. The SMILES string of the molecule is CC1(c2ccc3ccccc3c2)NC(=O)N(CC(=O)N2CC(Cn3cc(-c4ccc(C#N)c(F)c4)nn3)C2)C1=O. The van der Waals surface area contributed by atoms with Crippen LogP contribution in [0.2, 0.25) is 0 Å². The van der Waals surface area contributed by atoms with E-state index in [1.165, 1.54) is 12.1 Å². The van der Waals surface area contributed by atoms with Gasteiger partial charge in [-0.05, 0) is 41.5 Å². The van der Waals surface area contributed by atoms with Crippen molar-refractivity contribution in [2.45, 2.75) is 19.0 Å². The molecule has 2 aliphatic heterocycles. The lowest BCUT2D eigenvalue weighted by Gasteiger charge is -2.39. The Morgan fingerprint density at radius 1 is 1.12 bits per heavy atom. The molecular weight excluding hydrogens is 513 g/mol. The molecule has 3 heterocycles. The van der Waals surface area contributed by atoms with Gasteiger partial charge < -0.3 is 10.2 Å². The zero-order valence-electron chi connectivity index (χ0n) is 21.5. The molecule has 0 radical (unpaired) electrons. The van der Waals surface area contributed by atoms with E-state index >= 15 is 0 Å². The minimum absolute atomic E-state index is 0.0400. The van der Waals surface area contributed by atoms with Crippen LogP contribution in [-0.4, -0.2) is 62.3 Å². The predicted molar refractivity (Wildman–Crippen MR) is 142 cm³/mol. The molecule has 1 aromatic heterocycles. The largest absolute Gasteiger partial charge is 0.340 e. The molecule has 40 heavy (non-hydrogen) atoms. The molecule has 0 saturated carbocycles. The van der Waals surface area contributed by atoms with Gasteiger partial charge >= 0.3 is 6.03 Å². The number of benzene rings is 3. The Hall–Kier alpha value is -5.11. The lowest BCUT2D eigenvalue weighted by Crippen LogP contribution is -2.54. The second-order valence-corrected chi connectivity index (χ2v) is 10.3. The fourth-order valence-electron chi connectivity index (χ4n) is 5.21. The fourth-order valence-corrected chi connectivity index (χ4v) is 5.21. The standard InChI is InChI=1S/C29H24FN7O3/c1-29(23-9-8-19-4-2-3-5-20(19)10-23)27(39)37(28(40)32-29)17-26(38)35-13-18(14-35)15-36-16-25(33-34-36)21-6-7-22(12-31)24(30)11-21/h2-11,16,18H,13-15,17H2,1H3,(H,32,40). The molecule has 2 saturated heterocycles. The average Bonchev–Trinajstić information content (AvgIpc) is 3.48. The minimum atomic E-state index is -1.26. The summed E-state index contributed by atoms with van der Waals surface area (Å²) in [5.41, 5.74) is 0.337. The molecule has 10 nitrogen and oxygen atoms in total. The van der Waals surface area contributed by atoms with Gasteiger partial charge in [0.1, 0.15) is 29.7 Å². The van der Waals surface area contributed by atoms with Gasteiger partial charge in [-0.1, -0.05) is 47.7 Å². The molecule has 0 bridgehead atoms. The quantitative estimate of drug-likeness (QED) is 0.377. The molecular formula is C29H24FN7O3. The number of nitriles is 1. The summed E-state index contributed by atoms with van der Waals surface area (Å²) in [5.74, 6) is -1.28. The summed E-state index contributed by atoms with van der Waals surface area (Å²) in [6.45, 7) is 2.72. The molecule has 6 rings (SSSR count). The van der Waals surface area contributed by atoms with E-state index in [-0.39, 0.29) is 23.9 Å². The third kappa shape index (κ3) is 4.33. The third-order valence-corrected chi connectivity index (χ3v) is 7.57. The summed E-state index contributed by atoms with van der Waals surface area (Å²) in [6.07, 6.45) is 1.69. The van der Waals surface area contributed by atoms with Gasteiger partial charge in [-0.2, -0.15) is 5.26 Å². The highest BCUT2D eigenvalue weighted by Gasteiger charge is 2.50. The summed E-state index contributed by atoms with van der Waals surface area (Å²) in [6, 6.07) is 18.8. The van der Waals surface area contributed by atoms with Gasteiger partial charge in [-0.15, -0.1) is 5.10 Å². The lowest BCUT2D eigenvalue weighted by molar-refractivity contribution is -0.143. The van der Waals surface area contributed by atoms with E-state index in [0.717, 1.165) is 15.7 Å². The first-order valence-corrected chi connectivity index (χ1v) is 12.8. The number of urea groups is 1. The summed E-state index contributed by atoms with van der Waals surface area (Å²) in [7, 11) is 0. The second kappa shape index (κ2) is 9.57. The predicted octanol–water partition coefficient (Wildman–Crippen LogP) is 3.03. The number of hydrogen-bond acceptors (Lipinski definition) is 6. The zero-order valence-corrected chi connectivity index (χ0v) is 21.5. The van der Waals surface area contributed by atoms with Gasteiger partial charge in [-0.3, -0.25) is 19.2 Å². The van der Waals surface area contributed by atoms with Gasteiger partial charge in [-0.25, -0.2) is 9.18 Å². The summed E-state index contributed by atoms with van der Waals surface area (Å²) >= 11 is 0. The third-order valence-electron chi connectivity index (χ3n) is 7.57. The molecule has 2 fully saturated rings. The van der Waals surface area contributed by atoms with Gasteiger partial charge in [0.2, 0.25) is 5.91 Å². The van der Waals surface area contributed by atoms with E-state index in [2.05, 4.69) is 15.6 Å². The number of carbonyl (C=O) groups excluding carboxylic acids is 3. The van der Waals surface area contributed by atoms with Crippen LogP contribution in [0.3, 0.4) is 0 Å². The van der Waals surface area contributed by atoms with Crippen LogP contribution in [0.4, 0.5) is 9.18 Å². The molecule has 1 atom stereocenters. The molecule has 4 amide bonds. The Balaban J connectivity index is 1.06. The number of likely N-dealkylation sites (tertiary alicyclic amines) is 1. The zero-order chi connectivity index (χ0) is 28.0. The molecule has 0 aliphatic carbocycles. The van der Waals surface area contributed by atoms with Crippen molar-refractivity contribution in [2.24, 2.45) is 5.92 Å². The molecule has 2 aliphatic rings. The van der Waals surface area contributed by atoms with Crippen molar-refractivity contribution in [3.63, 3.8) is 0 Å². The van der Waals surface area contributed by atoms with Gasteiger partial charge in [0, 0.05) is 31.1 Å². The maximum atomic E-state index is 14.0. The molecule has 4 aromatic rings. The van der Waals surface area contributed by atoms with E-state index in [9.17, 15) is 18.8 Å². The average molecular weight is 538 g/mol. The highest BCUT2D eigenvalue weighted by Crippen LogP contribution is 2.31. The van der Waals surface area contributed by atoms with Crippen molar-refractivity contribution in [2.75, 3.05) is 19.6 Å². The van der Waals surface area contributed by atoms with Crippen LogP contribution in [0.15, 0.2) is 66.9 Å². The van der Waals surface area contributed by atoms with Gasteiger partial charge in [0.15, 0.2) is 0 Å². The smallest absolute Gasteiger partial charge is 0.325 e. The van der Waals surface area contributed by atoms with Crippen molar-refractivity contribution < 1.29 is 18.8 Å². The number of hydrogen-bond donors (Lipinski definition) is 1. The van der Waals surface area contributed by atoms with E-state index in [1.807, 2.05) is 42.5 Å². The topological polar surface area (TPSA) is 124 Å². The molecule has 3 aromatic carbocycles. The van der Waals surface area contributed by atoms with Crippen molar-refractivity contribution in [1.82, 2.24) is 30.1 Å². The number of fused-ring (bicyclic) bond motifs is 1. The van der Waals surface area contributed by atoms with Crippen LogP contribution < -0.4 is 5.32 Å². The van der Waals surface area contributed by atoms with Crippen molar-refractivity contribution in [3.05, 3.63) is 83.8 Å². The van der Waals surface area contributed by atoms with E-state index < -0.39 is 23.3 Å². The maximum Gasteiger partial charge on any atom is 0.325 e. The number of carbonyl (C=O) groups is 3. The minimum Gasteiger partial charge on any atom is -0.340 e. The Labute approximate surface area is 228 Å². The van der Waals surface area contributed by atoms with Crippen molar-refractivity contribution in [3.8, 4) is 17.3 Å². The number of imide groups is 1. The second-order valence-electron chi connectivity index (χ2n) is 10.3. The van der Waals surface area contributed by atoms with Gasteiger partial charge in [0.05, 0.1) is 11.8 Å². The molecule has 0 spiro atoms. The van der Waals surface area contributed by atoms with Crippen LogP contribution >= 0.6 is 0 Å². The first-order valence-electron chi connectivity index (χ1n) is 12.8. The number of nitrogens with one attached hydrogen (secondary N) is 1. The van der Waals surface area contributed by atoms with Crippen LogP contribution in [0.5, 0.6) is 0 Å². The Morgan fingerprint density at radius 2 is 1.90 bits per heavy atom. The van der Waals surface area contributed by atoms with E-state index in [4.69, 9.17) is 5.26 Å². The molecule has 1 N–H and O–H groups in total. The monoisotopic (exact) mass is 537 g/mol. The maximum absolute atomic E-state index is 14.0. The van der Waals surface area contributed by atoms with Crippen molar-refractivity contribution >= 4 is 28.6 Å². The Kier molecular flexibility index (Phi) is 6.03. The summed E-state index contributed by atoms with van der Waals surface area (Å²) < 4.78 is 15.6. The summed E-state index contributed by atoms with van der Waals surface area (Å²) in [5, 5.41) is 21.8. The fraction of sp³-hybridized carbons (Fsp3) is 0.241. The highest BCUT2D eigenvalue weighted by molar-refractivity contribution is 6.09. The van der Waals surface area contributed by atoms with Crippen LogP contribution in [0.1, 0.15) is 18.1 Å². The Morgan fingerprint density at radius 3 is 2.65 bits per heavy atom. The molecule has 1 unspecified atom stereocenters. The lowest BCUT2D eigenvalue weighted by atomic mass is 9.90. The van der Waals surface area contributed by atoms with E-state index in [0.29, 0.717) is 36.5 Å². The van der Waals surface area contributed by atoms with Crippen LogP contribution in [-0.2, 0) is 21.7 Å². The van der Waals surface area contributed by atoms with E-state index in [1.54, 1.807) is 34.8 Å². The van der Waals surface area contributed by atoms with Crippen LogP contribution in [0, 0.1) is 23.1 Å². The normalized spacial score (nSPS) is 19.0. The first kappa shape index (κ1) is 25.2. The summed E-state index contributed by atoms with van der Waals surface area (Å²) in [4.78, 5) is 41.6. The first-order chi connectivity index (χ1) is 19.2. The van der Waals surface area contributed by atoms with Crippen LogP contribution in [0.25, 0.3) is 22.0 Å². The molecule has 11 heteroatoms. The van der Waals surface area contributed by atoms with Gasteiger partial charge in [0.25, 0.3) is 5.91 Å².